The van der Waals surface area contributed by atoms with E-state index in [0.717, 1.165) is 0 Å². The van der Waals surface area contributed by atoms with Crippen molar-refractivity contribution in [1.82, 2.24) is 0 Å². The van der Waals surface area contributed by atoms with Crippen molar-refractivity contribution in [2.45, 2.75) is 13.3 Å². The Balaban J connectivity index is 2.59. The predicted molar refractivity (Wildman–Crippen MR) is 59.9 cm³/mol. The Bertz CT molecular complexity index is 443. The number of anilines is 1. The summed E-state index contributed by atoms with van der Waals surface area (Å²) in [5.41, 5.74) is 0.459. The Kier molecular flexibility index (Phi) is 4.80. The number of amides is 1. The molecule has 0 saturated heterocycles. The van der Waals surface area contributed by atoms with Crippen molar-refractivity contribution < 1.29 is 22.5 Å². The largest absolute Gasteiger partial charge is 0.740 e. The summed E-state index contributed by atoms with van der Waals surface area (Å²) < 4.78 is 24.8. The lowest BCUT2D eigenvalue weighted by Gasteiger charge is -2.08. The highest BCUT2D eigenvalue weighted by atomic mass is 32.2. The monoisotopic (exact) mass is 256 g/mol. The van der Waals surface area contributed by atoms with Crippen molar-refractivity contribution in [3.05, 3.63) is 24.3 Å². The average molecular weight is 256 g/mol. The van der Waals surface area contributed by atoms with Crippen molar-refractivity contribution in [3.63, 3.8) is 0 Å². The van der Waals surface area contributed by atoms with Crippen molar-refractivity contribution in [1.29, 1.82) is 0 Å². The van der Waals surface area contributed by atoms with Gasteiger partial charge in [0, 0.05) is 5.69 Å². The molecule has 92 valence electrons. The first-order valence-electron chi connectivity index (χ1n) is 4.64. The zero-order valence-corrected chi connectivity index (χ0v) is 9.78. The van der Waals surface area contributed by atoms with Crippen LogP contribution in [0.1, 0.15) is 13.3 Å². The molecule has 0 saturated carbocycles. The zero-order chi connectivity index (χ0) is 12.8. The smallest absolute Gasteiger partial charge is 0.231 e. The summed E-state index contributed by atoms with van der Waals surface area (Å²) in [4.78, 5) is 21.9. The van der Waals surface area contributed by atoms with Crippen LogP contribution in [0.4, 0.5) is 5.69 Å². The van der Waals surface area contributed by atoms with Gasteiger partial charge in [-0.15, -0.1) is 0 Å². The number of benzene rings is 1. The second-order valence-electron chi connectivity index (χ2n) is 3.24. The van der Waals surface area contributed by atoms with E-state index in [2.05, 4.69) is 9.50 Å². The highest BCUT2D eigenvalue weighted by Crippen LogP contribution is 2.16. The molecular weight excluding hydrogens is 246 g/mol. The number of hydrogen-bond donors (Lipinski definition) is 1. The lowest BCUT2D eigenvalue weighted by molar-refractivity contribution is -0.124. The van der Waals surface area contributed by atoms with Gasteiger partial charge in [0.15, 0.2) is 0 Å². The first kappa shape index (κ1) is 13.3. The van der Waals surface area contributed by atoms with Crippen LogP contribution in [0.25, 0.3) is 0 Å². The van der Waals surface area contributed by atoms with Gasteiger partial charge in [-0.05, 0) is 31.2 Å². The lowest BCUT2D eigenvalue weighted by Crippen LogP contribution is -2.14. The van der Waals surface area contributed by atoms with Crippen LogP contribution in [-0.4, -0.2) is 20.5 Å². The highest BCUT2D eigenvalue weighted by molar-refractivity contribution is 7.74. The molecule has 0 fully saturated rings. The summed E-state index contributed by atoms with van der Waals surface area (Å²) in [5, 5.41) is 2.48. The zero-order valence-electron chi connectivity index (χ0n) is 8.97. The maximum atomic E-state index is 11.2. The van der Waals surface area contributed by atoms with E-state index < -0.39 is 17.3 Å². The van der Waals surface area contributed by atoms with Gasteiger partial charge in [0.1, 0.15) is 22.9 Å². The quantitative estimate of drug-likeness (QED) is 0.620. The molecule has 0 radical (unpaired) electrons. The highest BCUT2D eigenvalue weighted by Gasteiger charge is 2.05. The third-order valence-corrected chi connectivity index (χ3v) is 2.04. The minimum Gasteiger partial charge on any atom is -0.740 e. The minimum atomic E-state index is -2.62. The van der Waals surface area contributed by atoms with Gasteiger partial charge in [0.25, 0.3) is 0 Å². The molecule has 1 unspecified atom stereocenters. The van der Waals surface area contributed by atoms with Crippen LogP contribution in [0.2, 0.25) is 0 Å². The SMILES string of the molecule is CC(=O)CC(=O)Nc1ccc(OS(=O)[O-])cc1. The summed E-state index contributed by atoms with van der Waals surface area (Å²) in [6.45, 7) is 1.32. The van der Waals surface area contributed by atoms with E-state index in [0.29, 0.717) is 5.69 Å². The molecule has 1 aromatic carbocycles. The van der Waals surface area contributed by atoms with E-state index in [1.807, 2.05) is 0 Å². The lowest BCUT2D eigenvalue weighted by atomic mass is 10.2. The second kappa shape index (κ2) is 6.12. The fourth-order valence-corrected chi connectivity index (χ4v) is 1.37. The summed E-state index contributed by atoms with van der Waals surface area (Å²) in [5.74, 6) is -0.509. The van der Waals surface area contributed by atoms with Gasteiger partial charge in [-0.3, -0.25) is 9.59 Å². The van der Waals surface area contributed by atoms with Crippen LogP contribution in [0, 0.1) is 0 Å². The number of nitrogens with one attached hydrogen (secondary N) is 1. The first-order valence-corrected chi connectivity index (χ1v) is 5.64. The minimum absolute atomic E-state index is 0.142. The van der Waals surface area contributed by atoms with Gasteiger partial charge in [-0.25, -0.2) is 4.21 Å². The maximum Gasteiger partial charge on any atom is 0.231 e. The third-order valence-electron chi connectivity index (χ3n) is 1.71. The van der Waals surface area contributed by atoms with E-state index in [4.69, 9.17) is 0 Å². The third kappa shape index (κ3) is 5.23. The predicted octanol–water partition coefficient (Wildman–Crippen LogP) is 0.777. The van der Waals surface area contributed by atoms with Gasteiger partial charge in [-0.1, -0.05) is 0 Å². The number of ketones is 1. The molecule has 0 spiro atoms. The summed E-state index contributed by atoms with van der Waals surface area (Å²) in [6, 6.07) is 5.72. The second-order valence-corrected chi connectivity index (χ2v) is 3.81. The topological polar surface area (TPSA) is 95.5 Å². The van der Waals surface area contributed by atoms with Crippen molar-refractivity contribution in [2.75, 3.05) is 5.32 Å². The molecule has 7 heteroatoms. The molecule has 0 aliphatic heterocycles. The number of carbonyl (C=O) groups excluding carboxylic acids is 2. The number of rotatable bonds is 5. The molecule has 0 aliphatic rings. The number of Topliss-reactive ketones (excluding diaryl/α,β-unsaturated/α-hetero) is 1. The molecule has 1 N–H and O–H groups in total. The van der Waals surface area contributed by atoms with Gasteiger partial charge < -0.3 is 14.1 Å². The molecule has 17 heavy (non-hydrogen) atoms. The molecule has 6 nitrogen and oxygen atoms in total. The summed E-state index contributed by atoms with van der Waals surface area (Å²) in [6.07, 6.45) is -0.192. The molecule has 0 bridgehead atoms. The van der Waals surface area contributed by atoms with E-state index in [-0.39, 0.29) is 18.0 Å². The van der Waals surface area contributed by atoms with Crippen LogP contribution in [0.5, 0.6) is 5.75 Å². The first-order chi connectivity index (χ1) is 7.97. The van der Waals surface area contributed by atoms with Crippen LogP contribution < -0.4 is 9.50 Å². The fraction of sp³-hybridized carbons (Fsp3) is 0.200. The van der Waals surface area contributed by atoms with Crippen molar-refractivity contribution in [3.8, 4) is 5.75 Å². The normalized spacial score (nSPS) is 11.6. The maximum absolute atomic E-state index is 11.2. The Hall–Kier alpha value is -1.73. The van der Waals surface area contributed by atoms with Crippen molar-refractivity contribution >= 4 is 28.7 Å². The van der Waals surface area contributed by atoms with E-state index in [9.17, 15) is 18.4 Å². The van der Waals surface area contributed by atoms with Crippen LogP contribution in [0.15, 0.2) is 24.3 Å². The van der Waals surface area contributed by atoms with Gasteiger partial charge in [0.05, 0.1) is 6.42 Å². The molecule has 1 amide bonds. The van der Waals surface area contributed by atoms with Crippen LogP contribution >= 0.6 is 0 Å². The van der Waals surface area contributed by atoms with E-state index in [1.54, 1.807) is 0 Å². The standard InChI is InChI=1S/C10H11NO5S/c1-7(12)6-10(13)11-8-2-4-9(5-3-8)16-17(14)15/h2-5H,6H2,1H3,(H,11,13)(H,14,15)/p-1. The van der Waals surface area contributed by atoms with Gasteiger partial charge >= 0.3 is 0 Å². The Labute approximate surface area is 100 Å². The van der Waals surface area contributed by atoms with Crippen LogP contribution in [0.3, 0.4) is 0 Å². The molecule has 0 aromatic heterocycles. The number of carbonyl (C=O) groups is 2. The van der Waals surface area contributed by atoms with Gasteiger partial charge in [-0.2, -0.15) is 0 Å². The van der Waals surface area contributed by atoms with E-state index in [1.165, 1.54) is 31.2 Å². The summed E-state index contributed by atoms with van der Waals surface area (Å²) >= 11 is -2.62. The molecule has 0 heterocycles. The molecule has 1 aromatic rings. The summed E-state index contributed by atoms with van der Waals surface area (Å²) in [7, 11) is 0. The molecule has 0 aliphatic carbocycles. The average Bonchev–Trinajstić information content (AvgIpc) is 2.18. The fourth-order valence-electron chi connectivity index (χ4n) is 1.10. The Morgan fingerprint density at radius 2 is 1.94 bits per heavy atom. The molecule has 1 atom stereocenters. The molecular formula is C10H10NO5S-. The van der Waals surface area contributed by atoms with Crippen molar-refractivity contribution in [2.24, 2.45) is 0 Å². The van der Waals surface area contributed by atoms with E-state index >= 15 is 0 Å². The Morgan fingerprint density at radius 3 is 2.41 bits per heavy atom. The number of hydrogen-bond acceptors (Lipinski definition) is 5. The van der Waals surface area contributed by atoms with Crippen LogP contribution in [-0.2, 0) is 21.0 Å². The Morgan fingerprint density at radius 1 is 1.35 bits per heavy atom. The van der Waals surface area contributed by atoms with Gasteiger partial charge in [0.2, 0.25) is 5.91 Å². The molecule has 1 rings (SSSR count).